The smallest absolute Gasteiger partial charge is 0.355 e. The summed E-state index contributed by atoms with van der Waals surface area (Å²) < 4.78 is 38.9. The molecule has 1 fully saturated rings. The van der Waals surface area contributed by atoms with Crippen molar-refractivity contribution in [2.75, 3.05) is 18.4 Å². The number of hydrogen-bond acceptors (Lipinski definition) is 6. The Bertz CT molecular complexity index is 1540. The maximum Gasteiger partial charge on any atom is 0.416 e. The molecular weight excluding hydrogens is 571 g/mol. The molecule has 3 heterocycles. The van der Waals surface area contributed by atoms with Crippen molar-refractivity contribution < 1.29 is 18.0 Å². The molecule has 1 saturated heterocycles. The van der Waals surface area contributed by atoms with Crippen LogP contribution in [0.4, 0.5) is 24.5 Å². The fraction of sp³-hybridized carbons (Fsp3) is 0.303. The van der Waals surface area contributed by atoms with Crippen molar-refractivity contribution in [1.82, 2.24) is 19.8 Å². The van der Waals surface area contributed by atoms with Gasteiger partial charge in [0.05, 0.1) is 16.8 Å². The summed E-state index contributed by atoms with van der Waals surface area (Å²) in [7, 11) is 0. The minimum Gasteiger partial charge on any atom is -0.355 e. The molecule has 1 amide bonds. The Kier molecular flexibility index (Phi) is 9.57. The monoisotopic (exact) mass is 605 g/mol. The number of thiazole rings is 1. The molecule has 2 aromatic carbocycles. The van der Waals surface area contributed by atoms with Gasteiger partial charge in [-0.2, -0.15) is 13.2 Å². The van der Waals surface area contributed by atoms with Gasteiger partial charge in [-0.05, 0) is 80.3 Å². The van der Waals surface area contributed by atoms with Crippen molar-refractivity contribution in [3.8, 4) is 0 Å². The molecule has 0 radical (unpaired) electrons. The number of aromatic nitrogens is 2. The summed E-state index contributed by atoms with van der Waals surface area (Å²) in [4.78, 5) is 27.7. The van der Waals surface area contributed by atoms with E-state index in [0.29, 0.717) is 12.1 Å². The van der Waals surface area contributed by atoms with Crippen LogP contribution in [0.1, 0.15) is 45.8 Å². The van der Waals surface area contributed by atoms with Gasteiger partial charge in [0.25, 0.3) is 0 Å². The summed E-state index contributed by atoms with van der Waals surface area (Å²) in [6.45, 7) is 6.99. The Balaban J connectivity index is 1.29. The number of carbonyl (C=O) groups is 1. The molecule has 0 saturated carbocycles. The maximum absolute atomic E-state index is 13.6. The Morgan fingerprint density at radius 2 is 1.74 bits per heavy atom. The molecule has 0 unspecified atom stereocenters. The molecule has 43 heavy (non-hydrogen) atoms. The SMILES string of the molecule is Cc1cc(Nc2ccc(CN(C(=O)/C=C/c3ccc(C(F)(F)F)cc3)C3CCN(Cc4scnc4C)CC3)cc2)ccn1. The van der Waals surface area contributed by atoms with Gasteiger partial charge in [0, 0.05) is 66.4 Å². The summed E-state index contributed by atoms with van der Waals surface area (Å²) in [5.74, 6) is -0.161. The summed E-state index contributed by atoms with van der Waals surface area (Å²) in [5, 5.41) is 3.38. The van der Waals surface area contributed by atoms with E-state index in [2.05, 4.69) is 20.2 Å². The molecule has 1 aliphatic heterocycles. The third kappa shape index (κ3) is 8.30. The normalized spacial score (nSPS) is 14.7. The van der Waals surface area contributed by atoms with Crippen molar-refractivity contribution in [1.29, 1.82) is 0 Å². The van der Waals surface area contributed by atoms with E-state index in [0.717, 1.165) is 72.9 Å². The van der Waals surface area contributed by atoms with E-state index in [4.69, 9.17) is 0 Å². The van der Waals surface area contributed by atoms with Gasteiger partial charge in [-0.15, -0.1) is 11.3 Å². The molecule has 4 aromatic rings. The number of nitrogens with one attached hydrogen (secondary N) is 1. The predicted molar refractivity (Wildman–Crippen MR) is 165 cm³/mol. The van der Waals surface area contributed by atoms with Crippen LogP contribution < -0.4 is 5.32 Å². The van der Waals surface area contributed by atoms with E-state index in [1.165, 1.54) is 23.1 Å². The van der Waals surface area contributed by atoms with Crippen LogP contribution >= 0.6 is 11.3 Å². The fourth-order valence-electron chi connectivity index (χ4n) is 5.18. The highest BCUT2D eigenvalue weighted by molar-refractivity contribution is 7.09. The number of anilines is 2. The van der Waals surface area contributed by atoms with Crippen LogP contribution in [0.3, 0.4) is 0 Å². The summed E-state index contributed by atoms with van der Waals surface area (Å²) in [5.41, 5.74) is 6.57. The molecule has 224 valence electrons. The molecule has 10 heteroatoms. The van der Waals surface area contributed by atoms with Gasteiger partial charge in [0.2, 0.25) is 5.91 Å². The van der Waals surface area contributed by atoms with Gasteiger partial charge in [0.15, 0.2) is 0 Å². The highest BCUT2D eigenvalue weighted by Crippen LogP contribution is 2.29. The van der Waals surface area contributed by atoms with Gasteiger partial charge >= 0.3 is 6.18 Å². The highest BCUT2D eigenvalue weighted by Gasteiger charge is 2.30. The van der Waals surface area contributed by atoms with Crippen molar-refractivity contribution in [3.63, 3.8) is 0 Å². The number of rotatable bonds is 9. The van der Waals surface area contributed by atoms with Crippen LogP contribution in [-0.4, -0.2) is 44.8 Å². The average Bonchev–Trinajstić information content (AvgIpc) is 3.39. The number of nitrogens with zero attached hydrogens (tertiary/aromatic N) is 4. The van der Waals surface area contributed by atoms with Crippen LogP contribution in [0.5, 0.6) is 0 Å². The third-order valence-corrected chi connectivity index (χ3v) is 8.56. The number of pyridine rings is 1. The summed E-state index contributed by atoms with van der Waals surface area (Å²) in [6.07, 6.45) is 2.08. The zero-order valence-corrected chi connectivity index (χ0v) is 25.0. The van der Waals surface area contributed by atoms with Crippen molar-refractivity contribution in [3.05, 3.63) is 111 Å². The Labute approximate surface area is 253 Å². The number of benzene rings is 2. The van der Waals surface area contributed by atoms with E-state index < -0.39 is 11.7 Å². The zero-order chi connectivity index (χ0) is 30.4. The van der Waals surface area contributed by atoms with Gasteiger partial charge in [-0.1, -0.05) is 24.3 Å². The quantitative estimate of drug-likeness (QED) is 0.199. The summed E-state index contributed by atoms with van der Waals surface area (Å²) >= 11 is 1.67. The van der Waals surface area contributed by atoms with Gasteiger partial charge in [-0.25, -0.2) is 4.98 Å². The molecule has 1 aliphatic rings. The third-order valence-electron chi connectivity index (χ3n) is 7.64. The van der Waals surface area contributed by atoms with E-state index in [1.54, 1.807) is 23.6 Å². The number of piperidine rings is 1. The Morgan fingerprint density at radius 1 is 1.02 bits per heavy atom. The summed E-state index contributed by atoms with van der Waals surface area (Å²) in [6, 6.07) is 16.8. The van der Waals surface area contributed by atoms with Crippen LogP contribution in [-0.2, 0) is 24.1 Å². The number of halogens is 3. The number of aryl methyl sites for hydroxylation is 2. The first-order valence-electron chi connectivity index (χ1n) is 14.2. The van der Waals surface area contributed by atoms with Crippen LogP contribution in [0.2, 0.25) is 0 Å². The van der Waals surface area contributed by atoms with E-state index in [-0.39, 0.29) is 11.9 Å². The topological polar surface area (TPSA) is 61.4 Å². The number of likely N-dealkylation sites (tertiary alicyclic amines) is 1. The highest BCUT2D eigenvalue weighted by atomic mass is 32.1. The van der Waals surface area contributed by atoms with E-state index in [1.807, 2.05) is 60.7 Å². The van der Waals surface area contributed by atoms with Crippen LogP contribution in [0.15, 0.2) is 78.4 Å². The average molecular weight is 606 g/mol. The second kappa shape index (κ2) is 13.5. The first kappa shape index (κ1) is 30.4. The molecule has 0 aliphatic carbocycles. The minimum atomic E-state index is -4.40. The lowest BCUT2D eigenvalue weighted by molar-refractivity contribution is -0.137. The second-order valence-electron chi connectivity index (χ2n) is 10.8. The number of amides is 1. The molecule has 6 nitrogen and oxygen atoms in total. The maximum atomic E-state index is 13.6. The van der Waals surface area contributed by atoms with E-state index in [9.17, 15) is 18.0 Å². The first-order valence-corrected chi connectivity index (χ1v) is 15.1. The molecule has 5 rings (SSSR count). The van der Waals surface area contributed by atoms with Crippen molar-refractivity contribution in [2.24, 2.45) is 0 Å². The molecule has 0 atom stereocenters. The van der Waals surface area contributed by atoms with Gasteiger partial charge in [-0.3, -0.25) is 14.7 Å². The molecule has 1 N–H and O–H groups in total. The lowest BCUT2D eigenvalue weighted by atomic mass is 10.0. The molecule has 2 aromatic heterocycles. The molecule has 0 spiro atoms. The van der Waals surface area contributed by atoms with Crippen molar-refractivity contribution >= 4 is 34.7 Å². The van der Waals surface area contributed by atoms with Crippen LogP contribution in [0, 0.1) is 13.8 Å². The first-order chi connectivity index (χ1) is 20.6. The fourth-order valence-corrected chi connectivity index (χ4v) is 6.00. The Morgan fingerprint density at radius 3 is 2.37 bits per heavy atom. The van der Waals surface area contributed by atoms with Gasteiger partial charge in [0.1, 0.15) is 0 Å². The largest absolute Gasteiger partial charge is 0.416 e. The lowest BCUT2D eigenvalue weighted by Gasteiger charge is -2.38. The predicted octanol–water partition coefficient (Wildman–Crippen LogP) is 7.62. The van der Waals surface area contributed by atoms with Crippen LogP contribution in [0.25, 0.3) is 6.08 Å². The number of hydrogen-bond donors (Lipinski definition) is 1. The minimum absolute atomic E-state index is 0.0427. The zero-order valence-electron chi connectivity index (χ0n) is 24.1. The number of carbonyl (C=O) groups excluding carboxylic acids is 1. The Hall–Kier alpha value is -4.02. The number of alkyl halides is 3. The lowest BCUT2D eigenvalue weighted by Crippen LogP contribution is -2.46. The van der Waals surface area contributed by atoms with E-state index >= 15 is 0 Å². The molecular formula is C33H34F3N5OS. The standard InChI is InChI=1S/C33H34F3N5OS/c1-23-19-29(13-16-37-23)39-28-10-5-26(6-11-28)20-41(30-14-17-40(18-15-30)21-31-24(2)38-22-43-31)32(42)12-7-25-3-8-27(9-4-25)33(34,35)36/h3-13,16,19,22,30H,14-15,17-18,20-21H2,1-2H3,(H,37,39)/b12-7+. The molecule has 0 bridgehead atoms. The van der Waals surface area contributed by atoms with Gasteiger partial charge < -0.3 is 10.2 Å². The second-order valence-corrected chi connectivity index (χ2v) is 11.7. The van der Waals surface area contributed by atoms with Crippen molar-refractivity contribution in [2.45, 2.75) is 52.0 Å².